The van der Waals surface area contributed by atoms with E-state index in [1.165, 1.54) is 36.4 Å². The summed E-state index contributed by atoms with van der Waals surface area (Å²) in [6.07, 6.45) is 0. The molecule has 0 unspecified atom stereocenters. The normalized spacial score (nSPS) is 11.0. The van der Waals surface area contributed by atoms with Crippen LogP contribution in [0.15, 0.2) is 45.6 Å². The zero-order valence-electron chi connectivity index (χ0n) is 10.4. The quantitative estimate of drug-likeness (QED) is 0.705. The van der Waals surface area contributed by atoms with Crippen LogP contribution in [0, 0.1) is 0 Å². The maximum atomic E-state index is 12.1. The number of rotatable bonds is 1. The zero-order valence-corrected chi connectivity index (χ0v) is 11.9. The standard InChI is InChI=1S/C15H8Cl2O4/c16-8-3-11-13(20)6-14(21-15(11)12(17)4-8)7-1-9(18)5-10(19)2-7/h1-6,18-19H. The molecule has 6 heteroatoms. The van der Waals surface area contributed by atoms with Gasteiger partial charge in [0.25, 0.3) is 0 Å². The molecule has 0 bridgehead atoms. The van der Waals surface area contributed by atoms with Crippen LogP contribution in [-0.4, -0.2) is 10.2 Å². The molecule has 0 fully saturated rings. The van der Waals surface area contributed by atoms with Gasteiger partial charge in [0, 0.05) is 22.7 Å². The molecule has 21 heavy (non-hydrogen) atoms. The monoisotopic (exact) mass is 322 g/mol. The van der Waals surface area contributed by atoms with Crippen LogP contribution in [0.4, 0.5) is 0 Å². The third kappa shape index (κ3) is 2.55. The van der Waals surface area contributed by atoms with Crippen LogP contribution >= 0.6 is 23.2 Å². The largest absolute Gasteiger partial charge is 0.508 e. The Hall–Kier alpha value is -2.17. The first-order valence-electron chi connectivity index (χ1n) is 5.90. The van der Waals surface area contributed by atoms with Crippen molar-refractivity contribution in [1.82, 2.24) is 0 Å². The predicted octanol–water partition coefficient (Wildman–Crippen LogP) is 4.18. The van der Waals surface area contributed by atoms with Gasteiger partial charge in [-0.25, -0.2) is 0 Å². The fourth-order valence-electron chi connectivity index (χ4n) is 2.06. The molecule has 0 atom stereocenters. The van der Waals surface area contributed by atoms with Gasteiger partial charge >= 0.3 is 0 Å². The van der Waals surface area contributed by atoms with Crippen molar-refractivity contribution in [2.75, 3.05) is 0 Å². The van der Waals surface area contributed by atoms with E-state index in [9.17, 15) is 15.0 Å². The van der Waals surface area contributed by atoms with Crippen molar-refractivity contribution in [2.24, 2.45) is 0 Å². The fourth-order valence-corrected chi connectivity index (χ4v) is 2.60. The molecule has 0 saturated heterocycles. The fraction of sp³-hybridized carbons (Fsp3) is 0. The molecule has 0 aliphatic rings. The molecule has 4 nitrogen and oxygen atoms in total. The Balaban J connectivity index is 2.32. The highest BCUT2D eigenvalue weighted by molar-refractivity contribution is 6.38. The Morgan fingerprint density at radius 3 is 2.24 bits per heavy atom. The number of halogens is 2. The molecule has 0 aliphatic carbocycles. The third-order valence-corrected chi connectivity index (χ3v) is 3.43. The molecule has 0 spiro atoms. The summed E-state index contributed by atoms with van der Waals surface area (Å²) in [6, 6.07) is 8.11. The van der Waals surface area contributed by atoms with Gasteiger partial charge in [-0.05, 0) is 24.3 Å². The van der Waals surface area contributed by atoms with Crippen LogP contribution in [0.1, 0.15) is 0 Å². The minimum atomic E-state index is -0.321. The highest BCUT2D eigenvalue weighted by Gasteiger charge is 2.12. The van der Waals surface area contributed by atoms with Gasteiger partial charge in [0.15, 0.2) is 11.0 Å². The number of phenolic OH excluding ortho intramolecular Hbond substituents is 2. The zero-order chi connectivity index (χ0) is 15.1. The summed E-state index contributed by atoms with van der Waals surface area (Å²) in [4.78, 5) is 12.1. The van der Waals surface area contributed by atoms with Gasteiger partial charge in [-0.15, -0.1) is 0 Å². The smallest absolute Gasteiger partial charge is 0.193 e. The molecular weight excluding hydrogens is 315 g/mol. The molecule has 2 N–H and O–H groups in total. The van der Waals surface area contributed by atoms with Crippen LogP contribution < -0.4 is 5.43 Å². The molecule has 106 valence electrons. The summed E-state index contributed by atoms with van der Waals surface area (Å²) < 4.78 is 5.61. The highest BCUT2D eigenvalue weighted by Crippen LogP contribution is 2.32. The molecule has 3 rings (SSSR count). The van der Waals surface area contributed by atoms with E-state index in [4.69, 9.17) is 27.6 Å². The van der Waals surface area contributed by atoms with Crippen molar-refractivity contribution in [1.29, 1.82) is 0 Å². The lowest BCUT2D eigenvalue weighted by Crippen LogP contribution is -2.00. The summed E-state index contributed by atoms with van der Waals surface area (Å²) in [5, 5.41) is 19.8. The topological polar surface area (TPSA) is 70.7 Å². The van der Waals surface area contributed by atoms with Crippen LogP contribution in [-0.2, 0) is 0 Å². The van der Waals surface area contributed by atoms with Crippen LogP contribution in [0.3, 0.4) is 0 Å². The second-order valence-electron chi connectivity index (χ2n) is 4.48. The Kier molecular flexibility index (Phi) is 3.27. The van der Waals surface area contributed by atoms with Crippen LogP contribution in [0.25, 0.3) is 22.3 Å². The van der Waals surface area contributed by atoms with Crippen LogP contribution in [0.5, 0.6) is 11.5 Å². The maximum Gasteiger partial charge on any atom is 0.193 e. The molecule has 1 aromatic heterocycles. The number of benzene rings is 2. The van der Waals surface area contributed by atoms with Gasteiger partial charge in [-0.1, -0.05) is 23.2 Å². The molecule has 0 aliphatic heterocycles. The van der Waals surface area contributed by atoms with Crippen molar-refractivity contribution in [3.63, 3.8) is 0 Å². The van der Waals surface area contributed by atoms with Crippen molar-refractivity contribution >= 4 is 34.2 Å². The Morgan fingerprint density at radius 1 is 0.905 bits per heavy atom. The highest BCUT2D eigenvalue weighted by atomic mass is 35.5. The first kappa shape index (κ1) is 13.8. The Morgan fingerprint density at radius 2 is 1.57 bits per heavy atom. The maximum absolute atomic E-state index is 12.1. The van der Waals surface area contributed by atoms with E-state index < -0.39 is 0 Å². The van der Waals surface area contributed by atoms with Gasteiger partial charge < -0.3 is 14.6 Å². The molecular formula is C15H8Cl2O4. The molecule has 2 aromatic carbocycles. The summed E-state index contributed by atoms with van der Waals surface area (Å²) in [6.45, 7) is 0. The number of fused-ring (bicyclic) bond motifs is 1. The lowest BCUT2D eigenvalue weighted by molar-refractivity contribution is 0.450. The first-order chi connectivity index (χ1) is 9.94. The predicted molar refractivity (Wildman–Crippen MR) is 81.3 cm³/mol. The number of aromatic hydroxyl groups is 2. The van der Waals surface area contributed by atoms with Gasteiger partial charge in [-0.2, -0.15) is 0 Å². The number of hydrogen-bond donors (Lipinski definition) is 2. The van der Waals surface area contributed by atoms with Gasteiger partial charge in [0.2, 0.25) is 0 Å². The minimum Gasteiger partial charge on any atom is -0.508 e. The number of hydrogen-bond acceptors (Lipinski definition) is 4. The molecule has 3 aromatic rings. The Bertz CT molecular complexity index is 895. The van der Waals surface area contributed by atoms with E-state index >= 15 is 0 Å². The summed E-state index contributed by atoms with van der Waals surface area (Å²) in [5.41, 5.74) is 0.238. The van der Waals surface area contributed by atoms with Crippen molar-refractivity contribution < 1.29 is 14.6 Å². The Labute approximate surface area is 128 Å². The van der Waals surface area contributed by atoms with E-state index in [1.807, 2.05) is 0 Å². The van der Waals surface area contributed by atoms with E-state index in [-0.39, 0.29) is 38.7 Å². The molecule has 1 heterocycles. The van der Waals surface area contributed by atoms with E-state index in [0.717, 1.165) is 0 Å². The third-order valence-electron chi connectivity index (χ3n) is 2.94. The van der Waals surface area contributed by atoms with Gasteiger partial charge in [0.1, 0.15) is 17.3 Å². The molecule has 0 radical (unpaired) electrons. The number of phenols is 2. The SMILES string of the molecule is O=c1cc(-c2cc(O)cc(O)c2)oc2c(Cl)cc(Cl)cc12. The first-order valence-corrected chi connectivity index (χ1v) is 6.66. The van der Waals surface area contributed by atoms with E-state index in [1.54, 1.807) is 0 Å². The molecule has 0 amide bonds. The van der Waals surface area contributed by atoms with Crippen molar-refractivity contribution in [3.05, 3.63) is 56.7 Å². The van der Waals surface area contributed by atoms with Crippen LogP contribution in [0.2, 0.25) is 10.0 Å². The summed E-state index contributed by atoms with van der Waals surface area (Å²) in [5.74, 6) is -0.104. The summed E-state index contributed by atoms with van der Waals surface area (Å²) >= 11 is 11.9. The second-order valence-corrected chi connectivity index (χ2v) is 5.32. The van der Waals surface area contributed by atoms with Crippen molar-refractivity contribution in [3.8, 4) is 22.8 Å². The van der Waals surface area contributed by atoms with E-state index in [0.29, 0.717) is 10.6 Å². The summed E-state index contributed by atoms with van der Waals surface area (Å²) in [7, 11) is 0. The van der Waals surface area contributed by atoms with Gasteiger partial charge in [-0.3, -0.25) is 4.79 Å². The van der Waals surface area contributed by atoms with Gasteiger partial charge in [0.05, 0.1) is 10.4 Å². The lowest BCUT2D eigenvalue weighted by atomic mass is 10.1. The lowest BCUT2D eigenvalue weighted by Gasteiger charge is -2.06. The molecule has 0 saturated carbocycles. The van der Waals surface area contributed by atoms with E-state index in [2.05, 4.69) is 0 Å². The average molecular weight is 323 g/mol. The average Bonchev–Trinajstić information content (AvgIpc) is 2.38. The second kappa shape index (κ2) is 4.98. The minimum absolute atomic E-state index is 0.144. The van der Waals surface area contributed by atoms with Crippen molar-refractivity contribution in [2.45, 2.75) is 0 Å².